The molecular weight excluding hydrogens is 524 g/mol. The van der Waals surface area contributed by atoms with E-state index in [1.807, 2.05) is 36.4 Å². The molecule has 42 heavy (non-hydrogen) atoms. The van der Waals surface area contributed by atoms with Gasteiger partial charge in [0.05, 0.1) is 6.04 Å². The first-order valence-electron chi connectivity index (χ1n) is 15.0. The number of nitrogens with zero attached hydrogens (tertiary/aromatic N) is 2. The van der Waals surface area contributed by atoms with Crippen LogP contribution in [0.1, 0.15) is 75.9 Å². The zero-order valence-electron chi connectivity index (χ0n) is 24.4. The number of hydrogen-bond acceptors (Lipinski definition) is 4. The molecule has 1 saturated carbocycles. The van der Waals surface area contributed by atoms with Crippen molar-refractivity contribution in [3.63, 3.8) is 0 Å². The summed E-state index contributed by atoms with van der Waals surface area (Å²) in [6, 6.07) is 28.0. The fourth-order valence-corrected chi connectivity index (χ4v) is 6.28. The Kier molecular flexibility index (Phi) is 8.13. The Labute approximate surface area is 247 Å². The largest absolute Gasteiger partial charge is 0.486 e. The van der Waals surface area contributed by atoms with Gasteiger partial charge in [0.1, 0.15) is 18.1 Å². The molecule has 0 saturated heterocycles. The van der Waals surface area contributed by atoms with Gasteiger partial charge in [-0.25, -0.2) is 0 Å². The number of furan rings is 1. The van der Waals surface area contributed by atoms with E-state index in [1.165, 1.54) is 11.1 Å². The molecule has 4 aromatic rings. The number of carbonyl (C=O) groups is 2. The molecule has 6 nitrogen and oxygen atoms in total. The van der Waals surface area contributed by atoms with Crippen molar-refractivity contribution in [2.45, 2.75) is 58.2 Å². The number of amides is 2. The van der Waals surface area contributed by atoms with Crippen LogP contribution in [0.4, 0.5) is 0 Å². The maximum absolute atomic E-state index is 13.7. The molecule has 1 aliphatic carbocycles. The number of carbonyl (C=O) groups excluding carboxylic acids is 2. The number of benzene rings is 3. The van der Waals surface area contributed by atoms with Gasteiger partial charge < -0.3 is 19.0 Å². The molecule has 0 unspecified atom stereocenters. The Bertz CT molecular complexity index is 1540. The predicted molar refractivity (Wildman–Crippen MR) is 162 cm³/mol. The lowest BCUT2D eigenvalue weighted by Gasteiger charge is -2.39. The molecular formula is C36H38N2O4. The van der Waals surface area contributed by atoms with Gasteiger partial charge in [0.25, 0.3) is 5.91 Å². The van der Waals surface area contributed by atoms with E-state index in [2.05, 4.69) is 48.2 Å². The Morgan fingerprint density at radius 1 is 0.952 bits per heavy atom. The van der Waals surface area contributed by atoms with Gasteiger partial charge in [-0.2, -0.15) is 0 Å². The van der Waals surface area contributed by atoms with Gasteiger partial charge in [-0.3, -0.25) is 9.59 Å². The second-order valence-electron chi connectivity index (χ2n) is 11.6. The van der Waals surface area contributed by atoms with Crippen LogP contribution in [0.2, 0.25) is 0 Å². The molecule has 6 rings (SSSR count). The molecule has 0 bridgehead atoms. The maximum atomic E-state index is 13.7. The van der Waals surface area contributed by atoms with Crippen molar-refractivity contribution in [3.8, 4) is 5.75 Å². The Morgan fingerprint density at radius 2 is 1.71 bits per heavy atom. The van der Waals surface area contributed by atoms with Crippen LogP contribution >= 0.6 is 0 Å². The zero-order chi connectivity index (χ0) is 29.1. The summed E-state index contributed by atoms with van der Waals surface area (Å²) in [7, 11) is 1.77. The van der Waals surface area contributed by atoms with Crippen LogP contribution in [0.5, 0.6) is 5.75 Å². The smallest absolute Gasteiger partial charge is 0.289 e. The summed E-state index contributed by atoms with van der Waals surface area (Å²) in [5.41, 5.74) is 5.74. The van der Waals surface area contributed by atoms with Crippen molar-refractivity contribution < 1.29 is 18.7 Å². The van der Waals surface area contributed by atoms with Crippen molar-refractivity contribution in [3.05, 3.63) is 124 Å². The van der Waals surface area contributed by atoms with Crippen LogP contribution in [0, 0.1) is 12.8 Å². The second kappa shape index (κ2) is 12.3. The van der Waals surface area contributed by atoms with Crippen LogP contribution < -0.4 is 4.74 Å². The third kappa shape index (κ3) is 5.98. The van der Waals surface area contributed by atoms with E-state index in [9.17, 15) is 9.59 Å². The fraction of sp³-hybridized carbons (Fsp3) is 0.333. The molecule has 1 aliphatic heterocycles. The highest BCUT2D eigenvalue weighted by Crippen LogP contribution is 2.40. The van der Waals surface area contributed by atoms with E-state index in [-0.39, 0.29) is 36.1 Å². The highest BCUT2D eigenvalue weighted by molar-refractivity contribution is 5.91. The van der Waals surface area contributed by atoms with E-state index < -0.39 is 0 Å². The van der Waals surface area contributed by atoms with Crippen molar-refractivity contribution in [2.24, 2.45) is 5.92 Å². The summed E-state index contributed by atoms with van der Waals surface area (Å²) < 4.78 is 12.1. The molecule has 0 N–H and O–H groups in total. The monoisotopic (exact) mass is 562 g/mol. The van der Waals surface area contributed by atoms with Crippen molar-refractivity contribution in [1.29, 1.82) is 0 Å². The van der Waals surface area contributed by atoms with Gasteiger partial charge in [-0.05, 0) is 72.7 Å². The highest BCUT2D eigenvalue weighted by Gasteiger charge is 2.36. The highest BCUT2D eigenvalue weighted by atomic mass is 16.5. The van der Waals surface area contributed by atoms with Crippen molar-refractivity contribution >= 4 is 11.8 Å². The van der Waals surface area contributed by atoms with Crippen molar-refractivity contribution in [1.82, 2.24) is 9.80 Å². The molecule has 6 heteroatoms. The van der Waals surface area contributed by atoms with Gasteiger partial charge >= 0.3 is 0 Å². The van der Waals surface area contributed by atoms with Gasteiger partial charge in [0, 0.05) is 26.1 Å². The summed E-state index contributed by atoms with van der Waals surface area (Å²) in [4.78, 5) is 30.4. The topological polar surface area (TPSA) is 63.0 Å². The van der Waals surface area contributed by atoms with Crippen LogP contribution in [-0.4, -0.2) is 35.2 Å². The van der Waals surface area contributed by atoms with E-state index >= 15 is 0 Å². The molecule has 2 amide bonds. The lowest BCUT2D eigenvalue weighted by Crippen LogP contribution is -2.43. The zero-order valence-corrected chi connectivity index (χ0v) is 24.4. The van der Waals surface area contributed by atoms with Crippen molar-refractivity contribution in [2.75, 3.05) is 13.6 Å². The normalized spacial score (nSPS) is 16.7. The average molecular weight is 563 g/mol. The summed E-state index contributed by atoms with van der Waals surface area (Å²) in [6.07, 6.45) is 5.08. The van der Waals surface area contributed by atoms with Gasteiger partial charge in [-0.15, -0.1) is 0 Å². The minimum absolute atomic E-state index is 0.126. The molecule has 1 fully saturated rings. The number of rotatable bonds is 8. The Balaban J connectivity index is 1.18. The minimum atomic E-state index is -0.174. The molecule has 2 heterocycles. The standard InChI is InChI=1S/C36H38N2O4/c1-25-12-14-28(15-13-25)34-32-22-30(17-16-27(32)20-21-38(34)35(39)29-10-6-7-11-29)41-24-31-18-19-33(42-31)36(40)37(2)23-26-8-4-3-5-9-26/h3-5,8-9,12-19,22,29,34H,6-7,10-11,20-21,23-24H2,1-2H3/t34-/m0/s1. The first-order valence-corrected chi connectivity index (χ1v) is 15.0. The van der Waals surface area contributed by atoms with E-state index in [0.717, 1.165) is 55.3 Å². The molecule has 216 valence electrons. The summed E-state index contributed by atoms with van der Waals surface area (Å²) in [6.45, 7) is 3.52. The fourth-order valence-electron chi connectivity index (χ4n) is 6.28. The molecule has 3 aromatic carbocycles. The summed E-state index contributed by atoms with van der Waals surface area (Å²) in [5, 5.41) is 0. The SMILES string of the molecule is Cc1ccc([C@H]2c3cc(OCc4ccc(C(=O)N(C)Cc5ccccc5)o4)ccc3CCN2C(=O)C2CCCC2)cc1. The molecule has 1 atom stereocenters. The second-order valence-corrected chi connectivity index (χ2v) is 11.6. The quantitative estimate of drug-likeness (QED) is 0.230. The van der Waals surface area contributed by atoms with Crippen LogP contribution in [-0.2, 0) is 24.4 Å². The van der Waals surface area contributed by atoms with Gasteiger partial charge in [-0.1, -0.05) is 79.1 Å². The lowest BCUT2D eigenvalue weighted by molar-refractivity contribution is -0.137. The first-order chi connectivity index (χ1) is 20.5. The van der Waals surface area contributed by atoms with Crippen LogP contribution in [0.25, 0.3) is 0 Å². The average Bonchev–Trinajstić information content (AvgIpc) is 3.73. The van der Waals surface area contributed by atoms with Gasteiger partial charge in [0.15, 0.2) is 5.76 Å². The van der Waals surface area contributed by atoms with E-state index in [4.69, 9.17) is 9.15 Å². The Morgan fingerprint density at radius 3 is 2.48 bits per heavy atom. The van der Waals surface area contributed by atoms with Crippen LogP contribution in [0.3, 0.4) is 0 Å². The van der Waals surface area contributed by atoms with Gasteiger partial charge in [0.2, 0.25) is 5.91 Å². The predicted octanol–water partition coefficient (Wildman–Crippen LogP) is 7.10. The number of hydrogen-bond donors (Lipinski definition) is 0. The minimum Gasteiger partial charge on any atom is -0.486 e. The first kappa shape index (κ1) is 27.8. The number of ether oxygens (including phenoxy) is 1. The lowest BCUT2D eigenvalue weighted by atomic mass is 9.86. The number of fused-ring (bicyclic) bond motifs is 1. The molecule has 1 aromatic heterocycles. The number of aryl methyl sites for hydroxylation is 1. The third-order valence-corrected chi connectivity index (χ3v) is 8.59. The van der Waals surface area contributed by atoms with Crippen LogP contribution in [0.15, 0.2) is 89.3 Å². The Hall–Kier alpha value is -4.32. The third-order valence-electron chi connectivity index (χ3n) is 8.59. The van der Waals surface area contributed by atoms with E-state index in [1.54, 1.807) is 24.1 Å². The molecule has 2 aliphatic rings. The summed E-state index contributed by atoms with van der Waals surface area (Å²) >= 11 is 0. The molecule has 0 radical (unpaired) electrons. The van der Waals surface area contributed by atoms with E-state index in [0.29, 0.717) is 18.1 Å². The maximum Gasteiger partial charge on any atom is 0.289 e. The molecule has 0 spiro atoms. The summed E-state index contributed by atoms with van der Waals surface area (Å²) in [5.74, 6) is 1.82.